The molecule has 1 nitrogen and oxygen atoms in total. The number of hydrogen-bond donors (Lipinski definition) is 0. The van der Waals surface area contributed by atoms with Gasteiger partial charge in [0.1, 0.15) is 11.5 Å². The van der Waals surface area contributed by atoms with Crippen LogP contribution in [0.15, 0.2) is 36.4 Å². The average Bonchev–Trinajstić information content (AvgIpc) is 2.36. The molecule has 0 spiro atoms. The van der Waals surface area contributed by atoms with Gasteiger partial charge in [0.05, 0.1) is 10.0 Å². The zero-order valence-corrected chi connectivity index (χ0v) is 12.8. The third-order valence-electron chi connectivity index (χ3n) is 2.49. The first-order chi connectivity index (χ1) is 8.61. The van der Waals surface area contributed by atoms with Crippen molar-refractivity contribution in [3.8, 4) is 11.5 Å². The van der Waals surface area contributed by atoms with Gasteiger partial charge in [-0.25, -0.2) is 0 Å². The molecule has 18 heavy (non-hydrogen) atoms. The maximum atomic E-state index is 6.16. The van der Waals surface area contributed by atoms with E-state index in [-0.39, 0.29) is 0 Å². The Balaban J connectivity index is 2.42. The number of hydrogen-bond acceptors (Lipinski definition) is 1. The van der Waals surface area contributed by atoms with Gasteiger partial charge in [0.2, 0.25) is 0 Å². The van der Waals surface area contributed by atoms with Crippen LogP contribution in [0.1, 0.15) is 11.1 Å². The molecular formula is C14H11BrCl2O. The monoisotopic (exact) mass is 344 g/mol. The molecule has 0 saturated heterocycles. The van der Waals surface area contributed by atoms with Crippen molar-refractivity contribution in [3.63, 3.8) is 0 Å². The molecule has 0 atom stereocenters. The first-order valence-corrected chi connectivity index (χ1v) is 7.27. The third kappa shape index (κ3) is 3.00. The van der Waals surface area contributed by atoms with Crippen molar-refractivity contribution < 1.29 is 4.74 Å². The van der Waals surface area contributed by atoms with E-state index in [0.29, 0.717) is 26.9 Å². The van der Waals surface area contributed by atoms with Crippen molar-refractivity contribution in [3.05, 3.63) is 57.6 Å². The number of aryl methyl sites for hydroxylation is 1. The van der Waals surface area contributed by atoms with Crippen LogP contribution in [0.5, 0.6) is 11.5 Å². The number of ether oxygens (including phenoxy) is 1. The van der Waals surface area contributed by atoms with E-state index in [0.717, 1.165) is 11.1 Å². The van der Waals surface area contributed by atoms with E-state index >= 15 is 0 Å². The van der Waals surface area contributed by atoms with Crippen molar-refractivity contribution in [2.45, 2.75) is 12.3 Å². The quantitative estimate of drug-likeness (QED) is 0.621. The maximum Gasteiger partial charge on any atom is 0.150 e. The second-order valence-electron chi connectivity index (χ2n) is 3.90. The molecule has 4 heteroatoms. The molecule has 0 aromatic heterocycles. The van der Waals surface area contributed by atoms with Gasteiger partial charge in [-0.1, -0.05) is 57.3 Å². The van der Waals surface area contributed by atoms with Crippen LogP contribution < -0.4 is 4.74 Å². The highest BCUT2D eigenvalue weighted by Gasteiger charge is 2.11. The molecule has 0 N–H and O–H groups in total. The van der Waals surface area contributed by atoms with Crippen molar-refractivity contribution in [2.75, 3.05) is 0 Å². The van der Waals surface area contributed by atoms with Crippen molar-refractivity contribution in [1.29, 1.82) is 0 Å². The van der Waals surface area contributed by atoms with E-state index < -0.39 is 0 Å². The molecule has 0 bridgehead atoms. The van der Waals surface area contributed by atoms with Crippen LogP contribution >= 0.6 is 39.1 Å². The van der Waals surface area contributed by atoms with Crippen LogP contribution in [0.25, 0.3) is 0 Å². The van der Waals surface area contributed by atoms with E-state index in [1.807, 2.05) is 37.3 Å². The van der Waals surface area contributed by atoms with Crippen molar-refractivity contribution >= 4 is 39.1 Å². The lowest BCUT2D eigenvalue weighted by molar-refractivity contribution is 0.478. The molecular weight excluding hydrogens is 335 g/mol. The summed E-state index contributed by atoms with van der Waals surface area (Å²) in [5.74, 6) is 1.26. The number of alkyl halides is 1. The summed E-state index contributed by atoms with van der Waals surface area (Å²) in [6.45, 7) is 1.99. The van der Waals surface area contributed by atoms with E-state index in [1.165, 1.54) is 0 Å². The summed E-state index contributed by atoms with van der Waals surface area (Å²) in [6, 6.07) is 11.3. The summed E-state index contributed by atoms with van der Waals surface area (Å²) < 4.78 is 5.85. The molecule has 0 saturated carbocycles. The predicted molar refractivity (Wildman–Crippen MR) is 80.3 cm³/mol. The first-order valence-electron chi connectivity index (χ1n) is 5.39. The molecule has 0 aliphatic rings. The summed E-state index contributed by atoms with van der Waals surface area (Å²) >= 11 is 15.7. The van der Waals surface area contributed by atoms with Gasteiger partial charge in [-0.2, -0.15) is 0 Å². The Hall–Kier alpha value is -0.700. The minimum atomic E-state index is 0.570. The fourth-order valence-corrected chi connectivity index (χ4v) is 2.40. The zero-order valence-electron chi connectivity index (χ0n) is 9.71. The van der Waals surface area contributed by atoms with Crippen LogP contribution in [0.3, 0.4) is 0 Å². The minimum Gasteiger partial charge on any atom is -0.454 e. The average molecular weight is 346 g/mol. The van der Waals surface area contributed by atoms with Gasteiger partial charge in [0.25, 0.3) is 0 Å². The topological polar surface area (TPSA) is 9.23 Å². The molecule has 0 heterocycles. The van der Waals surface area contributed by atoms with Gasteiger partial charge in [-0.3, -0.25) is 0 Å². The maximum absolute atomic E-state index is 6.16. The van der Waals surface area contributed by atoms with E-state index in [2.05, 4.69) is 15.9 Å². The standard InChI is InChI=1S/C14H11BrCl2O/c1-9-5-6-11(16)13(7-9)18-14-10(8-15)3-2-4-12(14)17/h2-7H,8H2,1H3. The van der Waals surface area contributed by atoms with Gasteiger partial charge in [0, 0.05) is 10.9 Å². The van der Waals surface area contributed by atoms with Crippen LogP contribution in [0.2, 0.25) is 10.0 Å². The van der Waals surface area contributed by atoms with Gasteiger partial charge < -0.3 is 4.74 Å². The lowest BCUT2D eigenvalue weighted by atomic mass is 10.2. The molecule has 0 unspecified atom stereocenters. The molecule has 0 radical (unpaired) electrons. The summed E-state index contributed by atoms with van der Waals surface area (Å²) in [4.78, 5) is 0. The summed E-state index contributed by atoms with van der Waals surface area (Å²) in [6.07, 6.45) is 0. The highest BCUT2D eigenvalue weighted by atomic mass is 79.9. The highest BCUT2D eigenvalue weighted by Crippen LogP contribution is 2.37. The second kappa shape index (κ2) is 5.96. The summed E-state index contributed by atoms with van der Waals surface area (Å²) in [5, 5.41) is 1.82. The SMILES string of the molecule is Cc1ccc(Cl)c(Oc2c(Cl)cccc2CBr)c1. The van der Waals surface area contributed by atoms with Crippen molar-refractivity contribution in [2.24, 2.45) is 0 Å². The third-order valence-corrected chi connectivity index (χ3v) is 3.71. The number of halogens is 3. The Morgan fingerprint density at radius 1 is 1.11 bits per heavy atom. The van der Waals surface area contributed by atoms with Crippen LogP contribution in [-0.4, -0.2) is 0 Å². The Bertz CT molecular complexity index is 570. The first kappa shape index (κ1) is 13.7. The number of para-hydroxylation sites is 1. The Kier molecular flexibility index (Phi) is 4.55. The highest BCUT2D eigenvalue weighted by molar-refractivity contribution is 9.08. The summed E-state index contributed by atoms with van der Waals surface area (Å²) in [7, 11) is 0. The zero-order chi connectivity index (χ0) is 13.1. The van der Waals surface area contributed by atoms with E-state index in [4.69, 9.17) is 27.9 Å². The molecule has 0 amide bonds. The van der Waals surface area contributed by atoms with Gasteiger partial charge >= 0.3 is 0 Å². The molecule has 0 aliphatic heterocycles. The molecule has 94 valence electrons. The second-order valence-corrected chi connectivity index (χ2v) is 5.27. The molecule has 0 aliphatic carbocycles. The number of rotatable bonds is 3. The minimum absolute atomic E-state index is 0.570. The summed E-state index contributed by atoms with van der Waals surface area (Å²) in [5.41, 5.74) is 2.07. The van der Waals surface area contributed by atoms with E-state index in [9.17, 15) is 0 Å². The van der Waals surface area contributed by atoms with Gasteiger partial charge in [0.15, 0.2) is 0 Å². The molecule has 2 rings (SSSR count). The predicted octanol–water partition coefficient (Wildman–Crippen LogP) is 5.99. The molecule has 2 aromatic rings. The lowest BCUT2D eigenvalue weighted by Gasteiger charge is -2.13. The normalized spacial score (nSPS) is 10.4. The van der Waals surface area contributed by atoms with Crippen LogP contribution in [0, 0.1) is 6.92 Å². The molecule has 0 fully saturated rings. The van der Waals surface area contributed by atoms with E-state index in [1.54, 1.807) is 6.07 Å². The Morgan fingerprint density at radius 2 is 1.89 bits per heavy atom. The Labute approximate surface area is 125 Å². The number of benzene rings is 2. The van der Waals surface area contributed by atoms with Crippen molar-refractivity contribution in [1.82, 2.24) is 0 Å². The fourth-order valence-electron chi connectivity index (χ4n) is 1.57. The lowest BCUT2D eigenvalue weighted by Crippen LogP contribution is -1.91. The van der Waals surface area contributed by atoms with Gasteiger partial charge in [-0.15, -0.1) is 0 Å². The fraction of sp³-hybridized carbons (Fsp3) is 0.143. The smallest absolute Gasteiger partial charge is 0.150 e. The molecule has 2 aromatic carbocycles. The van der Waals surface area contributed by atoms with Crippen LogP contribution in [0.4, 0.5) is 0 Å². The largest absolute Gasteiger partial charge is 0.454 e. The Morgan fingerprint density at radius 3 is 2.61 bits per heavy atom. The van der Waals surface area contributed by atoms with Gasteiger partial charge in [-0.05, 0) is 30.7 Å². The van der Waals surface area contributed by atoms with Crippen LogP contribution in [-0.2, 0) is 5.33 Å².